The Balaban J connectivity index is 1.95. The molecule has 3 rings (SSSR count). The third-order valence-corrected chi connectivity index (χ3v) is 3.67. The summed E-state index contributed by atoms with van der Waals surface area (Å²) in [6, 6.07) is 9.10. The van der Waals surface area contributed by atoms with E-state index in [4.69, 9.17) is 4.74 Å². The molecule has 0 atom stereocenters. The molecular formula is C19H15F3N4O2. The van der Waals surface area contributed by atoms with Crippen molar-refractivity contribution in [3.63, 3.8) is 0 Å². The number of aromatic nitrogens is 3. The molecule has 2 aromatic carbocycles. The van der Waals surface area contributed by atoms with Crippen molar-refractivity contribution < 1.29 is 22.7 Å². The van der Waals surface area contributed by atoms with Gasteiger partial charge in [-0.1, -0.05) is 6.58 Å². The van der Waals surface area contributed by atoms with Gasteiger partial charge in [0.15, 0.2) is 5.75 Å². The average Bonchev–Trinajstić information content (AvgIpc) is 3.08. The molecule has 0 unspecified atom stereocenters. The van der Waals surface area contributed by atoms with Crippen molar-refractivity contribution in [3.05, 3.63) is 72.8 Å². The van der Waals surface area contributed by atoms with Gasteiger partial charge in [-0.25, -0.2) is 9.67 Å². The van der Waals surface area contributed by atoms with Crippen molar-refractivity contribution in [1.82, 2.24) is 14.8 Å². The molecule has 3 aromatic rings. The fraction of sp³-hybridized carbons (Fsp3) is 0.105. The van der Waals surface area contributed by atoms with Gasteiger partial charge in [0.05, 0.1) is 5.56 Å². The molecule has 28 heavy (non-hydrogen) atoms. The summed E-state index contributed by atoms with van der Waals surface area (Å²) < 4.78 is 45.3. The first-order valence-corrected chi connectivity index (χ1v) is 8.07. The third-order valence-electron chi connectivity index (χ3n) is 3.67. The SMILES string of the molecule is C=CC(=O)Nc1ccc(Oc2ccc(C(F)(F)F)cc2)c(-n2cnc(C)n2)c1. The van der Waals surface area contributed by atoms with Crippen LogP contribution in [0.25, 0.3) is 5.69 Å². The van der Waals surface area contributed by atoms with Gasteiger partial charge in [-0.2, -0.15) is 18.3 Å². The van der Waals surface area contributed by atoms with Crippen LogP contribution in [-0.2, 0) is 11.0 Å². The van der Waals surface area contributed by atoms with E-state index in [0.717, 1.165) is 18.2 Å². The molecule has 0 spiro atoms. The molecule has 9 heteroatoms. The molecule has 0 saturated heterocycles. The molecule has 0 aliphatic rings. The van der Waals surface area contributed by atoms with E-state index in [0.29, 0.717) is 22.9 Å². The van der Waals surface area contributed by atoms with Crippen molar-refractivity contribution in [3.8, 4) is 17.2 Å². The Morgan fingerprint density at radius 1 is 1.21 bits per heavy atom. The van der Waals surface area contributed by atoms with Crippen molar-refractivity contribution in [2.24, 2.45) is 0 Å². The summed E-state index contributed by atoms with van der Waals surface area (Å²) >= 11 is 0. The predicted octanol–water partition coefficient (Wildman–Crippen LogP) is 4.51. The summed E-state index contributed by atoms with van der Waals surface area (Å²) in [7, 11) is 0. The zero-order valence-corrected chi connectivity index (χ0v) is 14.7. The van der Waals surface area contributed by atoms with Crippen molar-refractivity contribution in [1.29, 1.82) is 0 Å². The Hall–Kier alpha value is -3.62. The Morgan fingerprint density at radius 3 is 2.50 bits per heavy atom. The van der Waals surface area contributed by atoms with Crippen LogP contribution in [0.3, 0.4) is 0 Å². The lowest BCUT2D eigenvalue weighted by atomic mass is 10.2. The van der Waals surface area contributed by atoms with E-state index in [9.17, 15) is 18.0 Å². The number of rotatable bonds is 5. The maximum Gasteiger partial charge on any atom is 0.416 e. The third kappa shape index (κ3) is 4.37. The van der Waals surface area contributed by atoms with Gasteiger partial charge in [-0.15, -0.1) is 0 Å². The lowest BCUT2D eigenvalue weighted by Gasteiger charge is -2.14. The molecule has 144 valence electrons. The van der Waals surface area contributed by atoms with Crippen LogP contribution >= 0.6 is 0 Å². The molecular weight excluding hydrogens is 373 g/mol. The van der Waals surface area contributed by atoms with Crippen molar-refractivity contribution >= 4 is 11.6 Å². The second kappa shape index (κ2) is 7.55. The van der Waals surface area contributed by atoms with E-state index >= 15 is 0 Å². The van der Waals surface area contributed by atoms with Crippen LogP contribution in [0, 0.1) is 6.92 Å². The highest BCUT2D eigenvalue weighted by atomic mass is 19.4. The van der Waals surface area contributed by atoms with Gasteiger partial charge in [0, 0.05) is 5.69 Å². The van der Waals surface area contributed by atoms with Gasteiger partial charge in [0.2, 0.25) is 5.91 Å². The number of anilines is 1. The molecule has 1 aromatic heterocycles. The number of halogens is 3. The highest BCUT2D eigenvalue weighted by molar-refractivity contribution is 5.99. The van der Waals surface area contributed by atoms with Crippen LogP contribution in [0.4, 0.5) is 18.9 Å². The molecule has 0 fully saturated rings. The number of alkyl halides is 3. The largest absolute Gasteiger partial charge is 0.455 e. The highest BCUT2D eigenvalue weighted by Gasteiger charge is 2.30. The highest BCUT2D eigenvalue weighted by Crippen LogP contribution is 2.33. The van der Waals surface area contributed by atoms with Crippen molar-refractivity contribution in [2.45, 2.75) is 13.1 Å². The van der Waals surface area contributed by atoms with Crippen LogP contribution in [0.2, 0.25) is 0 Å². The Kier molecular flexibility index (Phi) is 5.16. The quantitative estimate of drug-likeness (QED) is 0.653. The Bertz CT molecular complexity index is 1010. The second-order valence-electron chi connectivity index (χ2n) is 5.74. The number of ether oxygens (including phenoxy) is 1. The molecule has 1 N–H and O–H groups in total. The van der Waals surface area contributed by atoms with Gasteiger partial charge in [0.25, 0.3) is 0 Å². The van der Waals surface area contributed by atoms with Gasteiger partial charge in [-0.3, -0.25) is 4.79 Å². The Labute approximate surface area is 158 Å². The number of nitrogens with one attached hydrogen (secondary N) is 1. The molecule has 0 aliphatic carbocycles. The summed E-state index contributed by atoms with van der Waals surface area (Å²) in [5.41, 5.74) is 0.143. The number of hydrogen-bond acceptors (Lipinski definition) is 4. The fourth-order valence-electron chi connectivity index (χ4n) is 2.35. The average molecular weight is 388 g/mol. The molecule has 0 radical (unpaired) electrons. The Morgan fingerprint density at radius 2 is 1.93 bits per heavy atom. The van der Waals surface area contributed by atoms with E-state index < -0.39 is 17.6 Å². The van der Waals surface area contributed by atoms with Crippen LogP contribution in [0.5, 0.6) is 11.5 Å². The predicted molar refractivity (Wildman–Crippen MR) is 96.4 cm³/mol. The smallest absolute Gasteiger partial charge is 0.416 e. The minimum atomic E-state index is -4.42. The minimum absolute atomic E-state index is 0.217. The number of nitrogens with zero attached hydrogens (tertiary/aromatic N) is 3. The molecule has 0 aliphatic heterocycles. The van der Waals surface area contributed by atoms with Crippen LogP contribution < -0.4 is 10.1 Å². The van der Waals surface area contributed by atoms with Crippen molar-refractivity contribution in [2.75, 3.05) is 5.32 Å². The van der Waals surface area contributed by atoms with Crippen LogP contribution in [0.15, 0.2) is 61.4 Å². The number of benzene rings is 2. The monoisotopic (exact) mass is 388 g/mol. The first-order chi connectivity index (χ1) is 13.3. The molecule has 0 bridgehead atoms. The summed E-state index contributed by atoms with van der Waals surface area (Å²) in [4.78, 5) is 15.6. The number of amides is 1. The van der Waals surface area contributed by atoms with E-state index in [1.165, 1.54) is 23.1 Å². The fourth-order valence-corrected chi connectivity index (χ4v) is 2.35. The summed E-state index contributed by atoms with van der Waals surface area (Å²) in [5.74, 6) is 0.661. The number of aryl methyl sites for hydroxylation is 1. The van der Waals surface area contributed by atoms with Gasteiger partial charge >= 0.3 is 6.18 Å². The molecule has 6 nitrogen and oxygen atoms in total. The number of carbonyl (C=O) groups is 1. The first kappa shape index (κ1) is 19.2. The normalized spacial score (nSPS) is 11.1. The van der Waals surface area contributed by atoms with Gasteiger partial charge in [0.1, 0.15) is 23.6 Å². The van der Waals surface area contributed by atoms with E-state index in [2.05, 4.69) is 22.0 Å². The maximum absolute atomic E-state index is 12.7. The second-order valence-corrected chi connectivity index (χ2v) is 5.74. The summed E-state index contributed by atoms with van der Waals surface area (Å²) in [6.45, 7) is 5.10. The molecule has 1 heterocycles. The number of hydrogen-bond donors (Lipinski definition) is 1. The number of carbonyl (C=O) groups excluding carboxylic acids is 1. The topological polar surface area (TPSA) is 69.0 Å². The maximum atomic E-state index is 12.7. The molecule has 0 saturated carbocycles. The van der Waals surface area contributed by atoms with Crippen LogP contribution in [-0.4, -0.2) is 20.7 Å². The zero-order chi connectivity index (χ0) is 20.3. The van der Waals surface area contributed by atoms with E-state index in [-0.39, 0.29) is 5.75 Å². The van der Waals surface area contributed by atoms with Gasteiger partial charge < -0.3 is 10.1 Å². The lowest BCUT2D eigenvalue weighted by molar-refractivity contribution is -0.137. The van der Waals surface area contributed by atoms with E-state index in [1.807, 2.05) is 0 Å². The zero-order valence-electron chi connectivity index (χ0n) is 14.7. The first-order valence-electron chi connectivity index (χ1n) is 8.07. The minimum Gasteiger partial charge on any atom is -0.455 e. The van der Waals surface area contributed by atoms with E-state index in [1.54, 1.807) is 25.1 Å². The lowest BCUT2D eigenvalue weighted by Crippen LogP contribution is -2.08. The summed E-state index contributed by atoms with van der Waals surface area (Å²) in [5, 5.41) is 6.84. The molecule has 1 amide bonds. The van der Waals surface area contributed by atoms with Crippen LogP contribution in [0.1, 0.15) is 11.4 Å². The summed E-state index contributed by atoms with van der Waals surface area (Å²) in [6.07, 6.45) is -1.83. The van der Waals surface area contributed by atoms with Gasteiger partial charge in [-0.05, 0) is 55.5 Å². The standard InChI is InChI=1S/C19H15F3N4O2/c1-3-18(27)24-14-6-9-17(16(10-14)26-11-23-12(2)25-26)28-15-7-4-13(5-8-15)19(20,21)22/h3-11H,1H2,2H3,(H,24,27).